The average Bonchev–Trinajstić information content (AvgIpc) is 3.20. The van der Waals surface area contributed by atoms with E-state index >= 15 is 0 Å². The highest BCUT2D eigenvalue weighted by molar-refractivity contribution is 5.14. The molecule has 1 aromatic rings. The van der Waals surface area contributed by atoms with Gasteiger partial charge in [0.2, 0.25) is 0 Å². The number of hydrogen-bond donors (Lipinski definition) is 1. The Morgan fingerprint density at radius 2 is 2.06 bits per heavy atom. The van der Waals surface area contributed by atoms with E-state index in [9.17, 15) is 0 Å². The minimum Gasteiger partial charge on any atom is -0.330 e. The van der Waals surface area contributed by atoms with Gasteiger partial charge >= 0.3 is 0 Å². The topological polar surface area (TPSA) is 29.3 Å². The van der Waals surface area contributed by atoms with Crippen molar-refractivity contribution in [2.24, 2.45) is 23.5 Å². The highest BCUT2D eigenvalue weighted by atomic mass is 15.1. The second kappa shape index (κ2) is 5.41. The Balaban J connectivity index is 1.54. The Bertz CT molecular complexity index is 376. The van der Waals surface area contributed by atoms with E-state index in [4.69, 9.17) is 5.73 Å². The van der Waals surface area contributed by atoms with Gasteiger partial charge in [0.25, 0.3) is 0 Å². The van der Waals surface area contributed by atoms with E-state index < -0.39 is 0 Å². The Labute approximate surface area is 110 Å². The van der Waals surface area contributed by atoms with Gasteiger partial charge in [-0.3, -0.25) is 4.90 Å². The molecule has 0 radical (unpaired) electrons. The fourth-order valence-electron chi connectivity index (χ4n) is 3.55. The van der Waals surface area contributed by atoms with Crippen LogP contribution in [-0.4, -0.2) is 24.5 Å². The first-order valence-corrected chi connectivity index (χ1v) is 7.33. The van der Waals surface area contributed by atoms with Crippen LogP contribution in [0.4, 0.5) is 0 Å². The largest absolute Gasteiger partial charge is 0.330 e. The molecule has 2 aliphatic rings. The molecule has 2 fully saturated rings. The van der Waals surface area contributed by atoms with Crippen LogP contribution in [0.25, 0.3) is 0 Å². The standard InChI is InChI=1S/C16H24N2/c17-10-15-9-16(15)14-7-4-8-18(12-14)11-13-5-2-1-3-6-13/h1-3,5-6,14-16H,4,7-12,17H2/t14?,15-,16-/m0/s1. The third-order valence-electron chi connectivity index (χ3n) is 4.68. The zero-order valence-corrected chi connectivity index (χ0v) is 11.1. The molecular formula is C16H24N2. The lowest BCUT2D eigenvalue weighted by Crippen LogP contribution is -2.36. The van der Waals surface area contributed by atoms with Crippen LogP contribution >= 0.6 is 0 Å². The van der Waals surface area contributed by atoms with Crippen LogP contribution in [0.1, 0.15) is 24.8 Å². The molecule has 0 amide bonds. The van der Waals surface area contributed by atoms with E-state index in [-0.39, 0.29) is 0 Å². The van der Waals surface area contributed by atoms with E-state index in [2.05, 4.69) is 35.2 Å². The molecule has 0 bridgehead atoms. The van der Waals surface area contributed by atoms with Crippen LogP contribution in [0.2, 0.25) is 0 Å². The van der Waals surface area contributed by atoms with Crippen LogP contribution in [0.15, 0.2) is 30.3 Å². The molecule has 2 nitrogen and oxygen atoms in total. The lowest BCUT2D eigenvalue weighted by atomic mass is 9.92. The number of benzene rings is 1. The van der Waals surface area contributed by atoms with E-state index in [0.717, 1.165) is 30.8 Å². The van der Waals surface area contributed by atoms with Crippen LogP contribution in [0.5, 0.6) is 0 Å². The normalized spacial score (nSPS) is 32.4. The van der Waals surface area contributed by atoms with Crippen molar-refractivity contribution >= 4 is 0 Å². The zero-order chi connectivity index (χ0) is 12.4. The SMILES string of the molecule is NC[C@@H]1C[C@H]1C1CCCN(Cc2ccccc2)C1. The summed E-state index contributed by atoms with van der Waals surface area (Å²) in [5.74, 6) is 2.69. The van der Waals surface area contributed by atoms with E-state index in [1.54, 1.807) is 0 Å². The maximum atomic E-state index is 5.78. The van der Waals surface area contributed by atoms with Gasteiger partial charge in [-0.15, -0.1) is 0 Å². The lowest BCUT2D eigenvalue weighted by molar-refractivity contribution is 0.151. The Hall–Kier alpha value is -0.860. The van der Waals surface area contributed by atoms with Crippen LogP contribution in [0.3, 0.4) is 0 Å². The van der Waals surface area contributed by atoms with Crippen molar-refractivity contribution in [3.63, 3.8) is 0 Å². The fraction of sp³-hybridized carbons (Fsp3) is 0.625. The summed E-state index contributed by atoms with van der Waals surface area (Å²) in [6.45, 7) is 4.58. The molecule has 0 aromatic heterocycles. The number of piperidine rings is 1. The summed E-state index contributed by atoms with van der Waals surface area (Å²) >= 11 is 0. The first-order valence-electron chi connectivity index (χ1n) is 7.33. The zero-order valence-electron chi connectivity index (χ0n) is 11.1. The summed E-state index contributed by atoms with van der Waals surface area (Å²) in [6, 6.07) is 10.9. The van der Waals surface area contributed by atoms with Gasteiger partial charge in [-0.2, -0.15) is 0 Å². The van der Waals surface area contributed by atoms with Gasteiger partial charge in [0.05, 0.1) is 0 Å². The van der Waals surface area contributed by atoms with Gasteiger partial charge in [-0.25, -0.2) is 0 Å². The van der Waals surface area contributed by atoms with Crippen molar-refractivity contribution in [3.05, 3.63) is 35.9 Å². The van der Waals surface area contributed by atoms with Crippen molar-refractivity contribution in [3.8, 4) is 0 Å². The smallest absolute Gasteiger partial charge is 0.0233 e. The second-order valence-electron chi connectivity index (χ2n) is 6.02. The van der Waals surface area contributed by atoms with Gasteiger partial charge < -0.3 is 5.73 Å². The molecule has 1 aliphatic heterocycles. The molecular weight excluding hydrogens is 220 g/mol. The molecule has 2 heteroatoms. The molecule has 3 atom stereocenters. The van der Waals surface area contributed by atoms with Crippen molar-refractivity contribution < 1.29 is 0 Å². The van der Waals surface area contributed by atoms with Gasteiger partial charge in [0.15, 0.2) is 0 Å². The number of nitrogens with zero attached hydrogens (tertiary/aromatic N) is 1. The molecule has 1 aliphatic carbocycles. The number of hydrogen-bond acceptors (Lipinski definition) is 2. The van der Waals surface area contributed by atoms with Crippen molar-refractivity contribution in [1.29, 1.82) is 0 Å². The molecule has 1 saturated heterocycles. The summed E-state index contributed by atoms with van der Waals surface area (Å²) in [7, 11) is 0. The van der Waals surface area contributed by atoms with Gasteiger partial charge in [0, 0.05) is 13.1 Å². The minimum absolute atomic E-state index is 0.840. The quantitative estimate of drug-likeness (QED) is 0.881. The maximum absolute atomic E-state index is 5.78. The summed E-state index contributed by atoms with van der Waals surface area (Å²) < 4.78 is 0. The highest BCUT2D eigenvalue weighted by Gasteiger charge is 2.42. The van der Waals surface area contributed by atoms with Crippen molar-refractivity contribution in [2.75, 3.05) is 19.6 Å². The van der Waals surface area contributed by atoms with E-state index in [1.807, 2.05) is 0 Å². The molecule has 1 heterocycles. The maximum Gasteiger partial charge on any atom is 0.0233 e. The van der Waals surface area contributed by atoms with Crippen LogP contribution in [0, 0.1) is 17.8 Å². The van der Waals surface area contributed by atoms with Gasteiger partial charge in [0.1, 0.15) is 0 Å². The average molecular weight is 244 g/mol. The Morgan fingerprint density at radius 3 is 2.78 bits per heavy atom. The molecule has 3 rings (SSSR count). The first kappa shape index (κ1) is 12.2. The number of rotatable bonds is 4. The third-order valence-corrected chi connectivity index (χ3v) is 4.68. The third kappa shape index (κ3) is 2.76. The summed E-state index contributed by atoms with van der Waals surface area (Å²) in [5, 5.41) is 0. The Morgan fingerprint density at radius 1 is 1.22 bits per heavy atom. The van der Waals surface area contributed by atoms with Crippen LogP contribution in [-0.2, 0) is 6.54 Å². The van der Waals surface area contributed by atoms with Gasteiger partial charge in [-0.05, 0) is 55.7 Å². The molecule has 98 valence electrons. The predicted molar refractivity (Wildman–Crippen MR) is 75.1 cm³/mol. The minimum atomic E-state index is 0.840. The molecule has 1 saturated carbocycles. The monoisotopic (exact) mass is 244 g/mol. The van der Waals surface area contributed by atoms with Crippen molar-refractivity contribution in [2.45, 2.75) is 25.8 Å². The first-order chi connectivity index (χ1) is 8.86. The van der Waals surface area contributed by atoms with Gasteiger partial charge in [-0.1, -0.05) is 30.3 Å². The molecule has 0 spiro atoms. The van der Waals surface area contributed by atoms with E-state index in [1.165, 1.54) is 37.9 Å². The lowest BCUT2D eigenvalue weighted by Gasteiger charge is -2.33. The van der Waals surface area contributed by atoms with Crippen molar-refractivity contribution in [1.82, 2.24) is 4.90 Å². The molecule has 1 aromatic carbocycles. The second-order valence-corrected chi connectivity index (χ2v) is 6.02. The Kier molecular flexibility index (Phi) is 3.67. The molecule has 2 N–H and O–H groups in total. The predicted octanol–water partition coefficient (Wildman–Crippen LogP) is 2.49. The molecule has 18 heavy (non-hydrogen) atoms. The van der Waals surface area contributed by atoms with Crippen LogP contribution < -0.4 is 5.73 Å². The number of likely N-dealkylation sites (tertiary alicyclic amines) is 1. The summed E-state index contributed by atoms with van der Waals surface area (Å²) in [4.78, 5) is 2.63. The van der Waals surface area contributed by atoms with E-state index in [0.29, 0.717) is 0 Å². The number of nitrogens with two attached hydrogens (primary N) is 1. The summed E-state index contributed by atoms with van der Waals surface area (Å²) in [5.41, 5.74) is 7.22. The molecule has 1 unspecified atom stereocenters. The summed E-state index contributed by atoms with van der Waals surface area (Å²) in [6.07, 6.45) is 4.18. The highest BCUT2D eigenvalue weighted by Crippen LogP contribution is 2.46. The fourth-order valence-corrected chi connectivity index (χ4v) is 3.55.